The number of ether oxygens (including phenoxy) is 1. The summed E-state index contributed by atoms with van der Waals surface area (Å²) in [6.45, 7) is 0.774. The van der Waals surface area contributed by atoms with E-state index in [0.29, 0.717) is 23.8 Å². The molecule has 0 fully saturated rings. The molecule has 0 aliphatic rings. The van der Waals surface area contributed by atoms with Crippen molar-refractivity contribution < 1.29 is 14.3 Å². The smallest absolute Gasteiger partial charge is 0.412 e. The Balaban J connectivity index is 1.57. The number of likely N-dealkylation sites (N-methyl/N-ethyl adjacent to an activating group) is 1. The van der Waals surface area contributed by atoms with Gasteiger partial charge in [0.25, 0.3) is 0 Å². The number of anilines is 1. The van der Waals surface area contributed by atoms with Crippen molar-refractivity contribution in [3.63, 3.8) is 0 Å². The van der Waals surface area contributed by atoms with Gasteiger partial charge >= 0.3 is 12.1 Å². The normalized spacial score (nSPS) is 11.8. The number of hydrogen-bond acceptors (Lipinski definition) is 6. The molecular formula is C25H30ClN7O3. The number of nitrogens with one attached hydrogen (secondary N) is 2. The summed E-state index contributed by atoms with van der Waals surface area (Å²) >= 11 is 6.18. The highest BCUT2D eigenvalue weighted by Crippen LogP contribution is 2.17. The standard InChI is InChI=1S/C25H30ClN7O3/c1-33(24(34)29-16-20-10-4-5-12-22(20)26)21(11-6-7-13-30-32-27)17-36-25(35)31-23-14-18-8-2-3-9-19(18)15-28-23/h2-5,8-10,12,14-15,21H,6-7,11,13,16-17H2,1H3,(H2,27,30)(H,29,34)(H,28,31,35)/t21-/m0/s1. The van der Waals surface area contributed by atoms with E-state index < -0.39 is 6.09 Å². The number of nitrogens with two attached hydrogens (primary N) is 1. The third-order valence-electron chi connectivity index (χ3n) is 5.65. The molecule has 3 amide bonds. The number of benzene rings is 2. The number of unbranched alkanes of at least 4 members (excludes halogenated alkanes) is 1. The van der Waals surface area contributed by atoms with Gasteiger partial charge in [-0.2, -0.15) is 5.11 Å². The zero-order valence-corrected chi connectivity index (χ0v) is 20.8. The highest BCUT2D eigenvalue weighted by atomic mass is 35.5. The fourth-order valence-electron chi connectivity index (χ4n) is 3.58. The molecule has 0 aliphatic heterocycles. The lowest BCUT2D eigenvalue weighted by atomic mass is 10.1. The molecule has 3 aromatic rings. The zero-order chi connectivity index (χ0) is 25.8. The van der Waals surface area contributed by atoms with E-state index in [-0.39, 0.29) is 25.2 Å². The third-order valence-corrected chi connectivity index (χ3v) is 6.02. The number of pyridine rings is 1. The topological polar surface area (TPSA) is 134 Å². The summed E-state index contributed by atoms with van der Waals surface area (Å²) in [7, 11) is 1.67. The summed E-state index contributed by atoms with van der Waals surface area (Å²) < 4.78 is 5.46. The predicted octanol–water partition coefficient (Wildman–Crippen LogP) is 5.14. The molecule has 190 valence electrons. The Labute approximate surface area is 214 Å². The van der Waals surface area contributed by atoms with Gasteiger partial charge in [-0.1, -0.05) is 59.3 Å². The second-order valence-corrected chi connectivity index (χ2v) is 8.54. The van der Waals surface area contributed by atoms with Gasteiger partial charge in [0.05, 0.1) is 12.6 Å². The second-order valence-electron chi connectivity index (χ2n) is 8.13. The number of fused-ring (bicyclic) bond motifs is 1. The molecule has 1 atom stereocenters. The van der Waals surface area contributed by atoms with E-state index in [1.165, 1.54) is 4.90 Å². The third kappa shape index (κ3) is 8.09. The SMILES string of the molecule is CN(C(=O)NCc1ccccc1Cl)[C@@H](CCCCN=NN)COC(=O)Nc1cc2ccccc2cn1. The minimum Gasteiger partial charge on any atom is -0.447 e. The molecule has 3 rings (SSSR count). The number of nitrogens with zero attached hydrogens (tertiary/aromatic N) is 4. The van der Waals surface area contributed by atoms with E-state index in [1.807, 2.05) is 42.5 Å². The maximum Gasteiger partial charge on any atom is 0.412 e. The van der Waals surface area contributed by atoms with Crippen molar-refractivity contribution in [2.75, 3.05) is 25.5 Å². The molecule has 1 heterocycles. The summed E-state index contributed by atoms with van der Waals surface area (Å²) in [6, 6.07) is 16.1. The fraction of sp³-hybridized carbons (Fsp3) is 0.320. The number of amides is 3. The van der Waals surface area contributed by atoms with Crippen LogP contribution in [0.15, 0.2) is 71.1 Å². The van der Waals surface area contributed by atoms with Crippen molar-refractivity contribution in [3.8, 4) is 0 Å². The minimum atomic E-state index is -0.649. The molecular weight excluding hydrogens is 482 g/mol. The van der Waals surface area contributed by atoms with Crippen LogP contribution in [-0.2, 0) is 11.3 Å². The molecule has 0 unspecified atom stereocenters. The van der Waals surface area contributed by atoms with Gasteiger partial charge in [0.1, 0.15) is 12.4 Å². The van der Waals surface area contributed by atoms with Crippen LogP contribution in [0.3, 0.4) is 0 Å². The van der Waals surface area contributed by atoms with Gasteiger partial charge < -0.3 is 20.8 Å². The van der Waals surface area contributed by atoms with Gasteiger partial charge in [-0.15, -0.1) is 0 Å². The minimum absolute atomic E-state index is 0.00777. The summed E-state index contributed by atoms with van der Waals surface area (Å²) in [5.41, 5.74) is 0.808. The molecule has 0 saturated heterocycles. The molecule has 4 N–H and O–H groups in total. The van der Waals surface area contributed by atoms with Gasteiger partial charge in [0, 0.05) is 30.2 Å². The van der Waals surface area contributed by atoms with Crippen LogP contribution in [0.2, 0.25) is 5.02 Å². The van der Waals surface area contributed by atoms with Crippen LogP contribution in [0.4, 0.5) is 15.4 Å². The molecule has 0 saturated carbocycles. The van der Waals surface area contributed by atoms with E-state index in [2.05, 4.69) is 26.0 Å². The van der Waals surface area contributed by atoms with Crippen molar-refractivity contribution >= 4 is 40.3 Å². The van der Waals surface area contributed by atoms with Crippen molar-refractivity contribution in [1.82, 2.24) is 15.2 Å². The number of hydrogen-bond donors (Lipinski definition) is 3. The number of carbonyl (C=O) groups excluding carboxylic acids is 2. The lowest BCUT2D eigenvalue weighted by Gasteiger charge is -2.28. The van der Waals surface area contributed by atoms with Crippen LogP contribution >= 0.6 is 11.6 Å². The number of halogens is 1. The lowest BCUT2D eigenvalue weighted by molar-refractivity contribution is 0.113. The van der Waals surface area contributed by atoms with Crippen LogP contribution in [0, 0.1) is 0 Å². The van der Waals surface area contributed by atoms with Crippen LogP contribution in [0.1, 0.15) is 24.8 Å². The maximum atomic E-state index is 12.8. The quantitative estimate of drug-likeness (QED) is 0.142. The zero-order valence-electron chi connectivity index (χ0n) is 20.1. The molecule has 2 aromatic carbocycles. The van der Waals surface area contributed by atoms with Gasteiger partial charge in [0.2, 0.25) is 0 Å². The largest absolute Gasteiger partial charge is 0.447 e. The van der Waals surface area contributed by atoms with E-state index >= 15 is 0 Å². The van der Waals surface area contributed by atoms with Crippen LogP contribution < -0.4 is 16.5 Å². The molecule has 0 spiro atoms. The molecule has 0 aliphatic carbocycles. The van der Waals surface area contributed by atoms with Gasteiger partial charge in [-0.3, -0.25) is 5.32 Å². The summed E-state index contributed by atoms with van der Waals surface area (Å²) in [4.78, 5) is 31.1. The van der Waals surface area contributed by atoms with E-state index in [1.54, 1.807) is 25.4 Å². The monoisotopic (exact) mass is 511 g/mol. The molecule has 0 radical (unpaired) electrons. The average molecular weight is 512 g/mol. The maximum absolute atomic E-state index is 12.8. The first-order chi connectivity index (χ1) is 17.5. The molecule has 36 heavy (non-hydrogen) atoms. The molecule has 0 bridgehead atoms. The molecule has 11 heteroatoms. The number of urea groups is 1. The van der Waals surface area contributed by atoms with Crippen LogP contribution in [0.25, 0.3) is 10.8 Å². The summed E-state index contributed by atoms with van der Waals surface area (Å²) in [5.74, 6) is 5.43. The average Bonchev–Trinajstić information content (AvgIpc) is 2.89. The van der Waals surface area contributed by atoms with E-state index in [4.69, 9.17) is 22.2 Å². The van der Waals surface area contributed by atoms with Crippen molar-refractivity contribution in [1.29, 1.82) is 0 Å². The Morgan fingerprint density at radius 2 is 1.89 bits per heavy atom. The Morgan fingerprint density at radius 3 is 2.67 bits per heavy atom. The first-order valence-electron chi connectivity index (χ1n) is 11.6. The number of rotatable bonds is 11. The van der Waals surface area contributed by atoms with Crippen molar-refractivity contribution in [2.24, 2.45) is 16.2 Å². The van der Waals surface area contributed by atoms with Crippen LogP contribution in [0.5, 0.6) is 0 Å². The van der Waals surface area contributed by atoms with Crippen LogP contribution in [-0.4, -0.2) is 48.2 Å². The first-order valence-corrected chi connectivity index (χ1v) is 11.9. The lowest BCUT2D eigenvalue weighted by Crippen LogP contribution is -2.46. The summed E-state index contributed by atoms with van der Waals surface area (Å²) in [5, 5.41) is 15.0. The van der Waals surface area contributed by atoms with E-state index in [0.717, 1.165) is 29.2 Å². The number of aromatic nitrogens is 1. The Bertz CT molecular complexity index is 1190. The van der Waals surface area contributed by atoms with Crippen molar-refractivity contribution in [2.45, 2.75) is 31.8 Å². The van der Waals surface area contributed by atoms with Gasteiger partial charge in [0.15, 0.2) is 0 Å². The Hall–Kier alpha value is -3.92. The Kier molecular flexibility index (Phi) is 10.3. The first kappa shape index (κ1) is 26.7. The fourth-order valence-corrected chi connectivity index (χ4v) is 3.78. The summed E-state index contributed by atoms with van der Waals surface area (Å²) in [6.07, 6.45) is 3.11. The molecule has 10 nitrogen and oxygen atoms in total. The van der Waals surface area contributed by atoms with E-state index in [9.17, 15) is 9.59 Å². The Morgan fingerprint density at radius 1 is 1.14 bits per heavy atom. The van der Waals surface area contributed by atoms with Gasteiger partial charge in [-0.25, -0.2) is 14.6 Å². The highest BCUT2D eigenvalue weighted by molar-refractivity contribution is 6.31. The van der Waals surface area contributed by atoms with Gasteiger partial charge in [-0.05, 0) is 42.3 Å². The highest BCUT2D eigenvalue weighted by Gasteiger charge is 2.22. The molecule has 1 aromatic heterocycles. The predicted molar refractivity (Wildman–Crippen MR) is 140 cm³/mol. The number of carbonyl (C=O) groups is 2. The van der Waals surface area contributed by atoms with Crippen molar-refractivity contribution in [3.05, 3.63) is 71.4 Å². The second kappa shape index (κ2) is 13.8.